The van der Waals surface area contributed by atoms with E-state index in [4.69, 9.17) is 4.84 Å². The lowest BCUT2D eigenvalue weighted by Gasteiger charge is -2.14. The van der Waals surface area contributed by atoms with Gasteiger partial charge in [-0.25, -0.2) is 14.6 Å². The zero-order valence-electron chi connectivity index (χ0n) is 19.8. The molecule has 0 radical (unpaired) electrons. The van der Waals surface area contributed by atoms with Crippen LogP contribution in [0.4, 0.5) is 0 Å². The van der Waals surface area contributed by atoms with Crippen molar-refractivity contribution in [2.24, 2.45) is 0 Å². The van der Waals surface area contributed by atoms with Gasteiger partial charge in [0.1, 0.15) is 5.82 Å². The number of aromatic nitrogens is 4. The fourth-order valence-electron chi connectivity index (χ4n) is 3.96. The molecule has 2 aromatic carbocycles. The Morgan fingerprint density at radius 3 is 2.43 bits per heavy atom. The highest BCUT2D eigenvalue weighted by Crippen LogP contribution is 2.30. The Balaban J connectivity index is 1.69. The number of hydrogen-bond donors (Lipinski definition) is 1. The second-order valence-corrected chi connectivity index (χ2v) is 8.23. The lowest BCUT2D eigenvalue weighted by atomic mass is 9.96. The van der Waals surface area contributed by atoms with Crippen LogP contribution in [0, 0.1) is 6.92 Å². The summed E-state index contributed by atoms with van der Waals surface area (Å²) in [6.45, 7) is 4.98. The molecule has 2 heterocycles. The van der Waals surface area contributed by atoms with Crippen LogP contribution >= 0.6 is 0 Å². The molecule has 0 fully saturated rings. The van der Waals surface area contributed by atoms with E-state index in [0.717, 1.165) is 45.5 Å². The molecule has 35 heavy (non-hydrogen) atoms. The molecular formula is C26H26N4O5. The highest BCUT2D eigenvalue weighted by atomic mass is 16.7. The van der Waals surface area contributed by atoms with Crippen molar-refractivity contribution in [3.05, 3.63) is 92.1 Å². The minimum absolute atomic E-state index is 0.345. The molecule has 0 unspecified atom stereocenters. The zero-order chi connectivity index (χ0) is 24.9. The number of H-pyrrole nitrogens is 1. The maximum atomic E-state index is 13.2. The first-order valence-electron chi connectivity index (χ1n) is 11.4. The minimum atomic E-state index is -0.616. The molecule has 0 atom stereocenters. The van der Waals surface area contributed by atoms with Gasteiger partial charge in [-0.15, -0.1) is 4.73 Å². The van der Waals surface area contributed by atoms with E-state index in [2.05, 4.69) is 26.6 Å². The van der Waals surface area contributed by atoms with Gasteiger partial charge in [0, 0.05) is 24.5 Å². The molecular weight excluding hydrogens is 448 g/mol. The van der Waals surface area contributed by atoms with Crippen LogP contribution in [0.15, 0.2) is 62.6 Å². The first-order chi connectivity index (χ1) is 16.9. The number of nitrogens with one attached hydrogen (secondary N) is 1. The molecule has 0 aliphatic carbocycles. The van der Waals surface area contributed by atoms with Crippen molar-refractivity contribution in [3.8, 4) is 22.5 Å². The summed E-state index contributed by atoms with van der Waals surface area (Å²) in [4.78, 5) is 48.4. The van der Waals surface area contributed by atoms with Crippen molar-refractivity contribution in [2.75, 3.05) is 0 Å². The second kappa shape index (κ2) is 10.3. The summed E-state index contributed by atoms with van der Waals surface area (Å²) in [7, 11) is 0. The van der Waals surface area contributed by atoms with Gasteiger partial charge in [0.15, 0.2) is 5.82 Å². The normalized spacial score (nSPS) is 10.9. The molecule has 9 heteroatoms. The van der Waals surface area contributed by atoms with Gasteiger partial charge < -0.3 is 4.84 Å². The fraction of sp³-hybridized carbons (Fsp3) is 0.269. The third-order valence-electron chi connectivity index (χ3n) is 5.64. The van der Waals surface area contributed by atoms with Crippen molar-refractivity contribution in [3.63, 3.8) is 0 Å². The maximum absolute atomic E-state index is 13.2. The Kier molecular flexibility index (Phi) is 7.05. The van der Waals surface area contributed by atoms with E-state index in [1.54, 1.807) is 6.92 Å². The molecule has 2 aromatic heterocycles. The molecule has 0 aliphatic rings. The molecule has 0 spiro atoms. The van der Waals surface area contributed by atoms with E-state index in [-0.39, 0.29) is 5.56 Å². The minimum Gasteiger partial charge on any atom is -0.332 e. The van der Waals surface area contributed by atoms with Crippen LogP contribution in [0.3, 0.4) is 0 Å². The van der Waals surface area contributed by atoms with Gasteiger partial charge in [-0.05, 0) is 36.5 Å². The van der Waals surface area contributed by atoms with Crippen molar-refractivity contribution >= 4 is 5.97 Å². The molecule has 1 N–H and O–H groups in total. The van der Waals surface area contributed by atoms with Gasteiger partial charge in [-0.1, -0.05) is 67.0 Å². The molecule has 0 bridgehead atoms. The highest BCUT2D eigenvalue weighted by molar-refractivity contribution is 5.80. The van der Waals surface area contributed by atoms with Crippen LogP contribution in [0.25, 0.3) is 22.5 Å². The highest BCUT2D eigenvalue weighted by Gasteiger charge is 2.17. The van der Waals surface area contributed by atoms with E-state index in [9.17, 15) is 14.4 Å². The molecule has 180 valence electrons. The number of carbonyl (C=O) groups is 1. The first kappa shape index (κ1) is 23.9. The SMILES string of the molecule is CCCCc1nc(C)n(OC(C)=O)c(=O)c1Cc1ccc(-c2ccccc2-c2noc(=O)[nH]2)cc1. The summed E-state index contributed by atoms with van der Waals surface area (Å²) >= 11 is 0. The number of aromatic amines is 1. The summed E-state index contributed by atoms with van der Waals surface area (Å²) in [5.41, 5.74) is 4.31. The Bertz CT molecular complexity index is 1460. The number of carbonyl (C=O) groups excluding carboxylic acids is 1. The number of rotatable bonds is 8. The lowest BCUT2D eigenvalue weighted by molar-refractivity contribution is -0.142. The van der Waals surface area contributed by atoms with E-state index >= 15 is 0 Å². The molecule has 9 nitrogen and oxygen atoms in total. The Labute approximate surface area is 201 Å². The van der Waals surface area contributed by atoms with Gasteiger partial charge in [-0.3, -0.25) is 14.3 Å². The summed E-state index contributed by atoms with van der Waals surface area (Å²) < 4.78 is 5.63. The number of benzene rings is 2. The maximum Gasteiger partial charge on any atom is 0.439 e. The Morgan fingerprint density at radius 2 is 1.80 bits per heavy atom. The van der Waals surface area contributed by atoms with Crippen LogP contribution in [0.5, 0.6) is 0 Å². The van der Waals surface area contributed by atoms with Crippen LogP contribution in [-0.4, -0.2) is 25.8 Å². The predicted molar refractivity (Wildman–Crippen MR) is 130 cm³/mol. The molecule has 0 amide bonds. The Hall–Kier alpha value is -4.27. The fourth-order valence-corrected chi connectivity index (χ4v) is 3.96. The van der Waals surface area contributed by atoms with E-state index in [0.29, 0.717) is 30.1 Å². The molecule has 4 rings (SSSR count). The third kappa shape index (κ3) is 5.29. The summed E-state index contributed by atoms with van der Waals surface area (Å²) in [6, 6.07) is 15.3. The van der Waals surface area contributed by atoms with Crippen molar-refractivity contribution in [1.29, 1.82) is 0 Å². The monoisotopic (exact) mass is 474 g/mol. The predicted octanol–water partition coefficient (Wildman–Crippen LogP) is 3.47. The van der Waals surface area contributed by atoms with Gasteiger partial charge in [0.2, 0.25) is 0 Å². The van der Waals surface area contributed by atoms with E-state index < -0.39 is 11.7 Å². The zero-order valence-corrected chi connectivity index (χ0v) is 19.8. The second-order valence-electron chi connectivity index (χ2n) is 8.23. The van der Waals surface area contributed by atoms with E-state index in [1.807, 2.05) is 48.5 Å². The summed E-state index contributed by atoms with van der Waals surface area (Å²) in [6.07, 6.45) is 2.89. The standard InChI is InChI=1S/C26H26N4O5/c1-4-5-10-23-22(25(32)30(16(2)27-23)35-17(3)31)15-18-11-13-19(14-12-18)20-8-6-7-9-21(20)24-28-26(33)34-29-24/h6-9,11-14H,4-5,10,15H2,1-3H3,(H,28,29,33). The first-order valence-corrected chi connectivity index (χ1v) is 11.4. The van der Waals surface area contributed by atoms with Gasteiger partial charge in [-0.2, -0.15) is 0 Å². The number of unbranched alkanes of at least 4 members (excludes halogenated alkanes) is 1. The molecule has 0 saturated carbocycles. The van der Waals surface area contributed by atoms with Crippen LogP contribution in [0.2, 0.25) is 0 Å². The smallest absolute Gasteiger partial charge is 0.332 e. The third-order valence-corrected chi connectivity index (χ3v) is 5.64. The number of aryl methyl sites for hydroxylation is 2. The topological polar surface area (TPSA) is 120 Å². The van der Waals surface area contributed by atoms with Crippen molar-refractivity contribution < 1.29 is 14.2 Å². The largest absolute Gasteiger partial charge is 0.439 e. The number of nitrogens with zero attached hydrogens (tertiary/aromatic N) is 3. The quantitative estimate of drug-likeness (QED) is 0.415. The van der Waals surface area contributed by atoms with Gasteiger partial charge >= 0.3 is 11.7 Å². The van der Waals surface area contributed by atoms with Crippen molar-refractivity contribution in [1.82, 2.24) is 19.9 Å². The molecule has 4 aromatic rings. The summed E-state index contributed by atoms with van der Waals surface area (Å²) in [5.74, 6) is -0.499. The van der Waals surface area contributed by atoms with Gasteiger partial charge in [0.25, 0.3) is 5.56 Å². The average molecular weight is 475 g/mol. The summed E-state index contributed by atoms with van der Waals surface area (Å²) in [5, 5.41) is 3.80. The average Bonchev–Trinajstić information content (AvgIpc) is 3.29. The lowest BCUT2D eigenvalue weighted by Crippen LogP contribution is -2.35. The molecule has 0 aliphatic heterocycles. The van der Waals surface area contributed by atoms with Crippen LogP contribution in [-0.2, 0) is 17.6 Å². The number of hydrogen-bond acceptors (Lipinski definition) is 7. The van der Waals surface area contributed by atoms with Crippen molar-refractivity contribution in [2.45, 2.75) is 46.5 Å². The van der Waals surface area contributed by atoms with Crippen LogP contribution in [0.1, 0.15) is 49.3 Å². The van der Waals surface area contributed by atoms with E-state index in [1.165, 1.54) is 6.92 Å². The molecule has 0 saturated heterocycles. The Morgan fingerprint density at radius 1 is 1.09 bits per heavy atom. The van der Waals surface area contributed by atoms with Gasteiger partial charge in [0.05, 0.1) is 5.69 Å². The van der Waals surface area contributed by atoms with Crippen LogP contribution < -0.4 is 16.2 Å².